The van der Waals surface area contributed by atoms with Crippen LogP contribution in [0.4, 0.5) is 5.69 Å². The summed E-state index contributed by atoms with van der Waals surface area (Å²) in [6.07, 6.45) is 0. The number of amides is 1. The Hall–Kier alpha value is -1.08. The molecule has 0 radical (unpaired) electrons. The number of benzene rings is 1. The number of rotatable bonds is 2. The van der Waals surface area contributed by atoms with Gasteiger partial charge in [-0.1, -0.05) is 6.92 Å². The maximum absolute atomic E-state index is 12.6. The molecule has 0 bridgehead atoms. The number of hydrogen-bond acceptors (Lipinski definition) is 4. The molecule has 1 heterocycles. The van der Waals surface area contributed by atoms with E-state index in [1.165, 1.54) is 12.1 Å². The molecule has 1 aromatic carbocycles. The molecule has 1 fully saturated rings. The average molecular weight is 359 g/mol. The maximum atomic E-state index is 12.6. The van der Waals surface area contributed by atoms with E-state index in [1.54, 1.807) is 11.0 Å². The number of nitro benzene ring substituents is 1. The Balaban J connectivity index is 2.33. The van der Waals surface area contributed by atoms with E-state index in [2.05, 4.69) is 22.9 Å². The molecule has 20 heavy (non-hydrogen) atoms. The normalized spacial score (nSPS) is 22.6. The number of non-ortho nitro benzene ring substituents is 1. The molecule has 0 aromatic heterocycles. The van der Waals surface area contributed by atoms with E-state index in [1.807, 2.05) is 18.7 Å². The van der Waals surface area contributed by atoms with Crippen molar-refractivity contribution in [3.05, 3.63) is 38.3 Å². The van der Waals surface area contributed by atoms with Gasteiger partial charge in [0.15, 0.2) is 0 Å². The number of carbonyl (C=O) groups excluding carboxylic acids is 1. The zero-order valence-electron chi connectivity index (χ0n) is 11.2. The number of halogens is 1. The summed E-state index contributed by atoms with van der Waals surface area (Å²) in [4.78, 5) is 24.8. The third-order valence-corrected chi connectivity index (χ3v) is 5.57. The van der Waals surface area contributed by atoms with E-state index in [0.29, 0.717) is 21.8 Å². The molecule has 1 aliphatic rings. The lowest BCUT2D eigenvalue weighted by molar-refractivity contribution is -0.384. The smallest absolute Gasteiger partial charge is 0.270 e. The van der Waals surface area contributed by atoms with Crippen LogP contribution in [0.15, 0.2) is 22.7 Å². The van der Waals surface area contributed by atoms with Gasteiger partial charge in [0.2, 0.25) is 0 Å². The van der Waals surface area contributed by atoms with Crippen molar-refractivity contribution in [2.75, 3.05) is 12.3 Å². The molecule has 2 unspecified atom stereocenters. The fourth-order valence-corrected chi connectivity index (χ4v) is 3.68. The van der Waals surface area contributed by atoms with Crippen LogP contribution in [-0.4, -0.2) is 39.3 Å². The monoisotopic (exact) mass is 358 g/mol. The lowest BCUT2D eigenvalue weighted by Crippen LogP contribution is -2.48. The zero-order chi connectivity index (χ0) is 14.9. The average Bonchev–Trinajstić information content (AvgIpc) is 2.41. The van der Waals surface area contributed by atoms with Gasteiger partial charge in [-0.05, 0) is 28.9 Å². The molecule has 1 amide bonds. The minimum absolute atomic E-state index is 0.0661. The summed E-state index contributed by atoms with van der Waals surface area (Å²) < 4.78 is 0.589. The molecule has 0 saturated carbocycles. The molecule has 2 rings (SSSR count). The van der Waals surface area contributed by atoms with Crippen molar-refractivity contribution in [2.24, 2.45) is 0 Å². The van der Waals surface area contributed by atoms with Gasteiger partial charge in [0.25, 0.3) is 11.6 Å². The minimum atomic E-state index is -0.485. The van der Waals surface area contributed by atoms with Crippen LogP contribution in [0, 0.1) is 10.1 Å². The molecule has 2 atom stereocenters. The first-order valence-corrected chi connectivity index (χ1v) is 8.12. The van der Waals surface area contributed by atoms with Crippen LogP contribution in [0.1, 0.15) is 24.2 Å². The number of hydrogen-bond donors (Lipinski definition) is 0. The Morgan fingerprint density at radius 1 is 1.50 bits per heavy atom. The predicted molar refractivity (Wildman–Crippen MR) is 83.2 cm³/mol. The van der Waals surface area contributed by atoms with Crippen LogP contribution >= 0.6 is 27.7 Å². The molecule has 0 spiro atoms. The Labute approximate surface area is 130 Å². The van der Waals surface area contributed by atoms with Crippen LogP contribution in [0.25, 0.3) is 0 Å². The van der Waals surface area contributed by atoms with Gasteiger partial charge in [0.05, 0.1) is 10.5 Å². The highest BCUT2D eigenvalue weighted by molar-refractivity contribution is 9.10. The second-order valence-corrected chi connectivity index (χ2v) is 7.08. The highest BCUT2D eigenvalue weighted by Gasteiger charge is 2.30. The molecule has 1 saturated heterocycles. The zero-order valence-corrected chi connectivity index (χ0v) is 13.6. The molecular formula is C13H15BrN2O3S. The fourth-order valence-electron chi connectivity index (χ4n) is 2.17. The summed E-state index contributed by atoms with van der Waals surface area (Å²) >= 11 is 5.15. The van der Waals surface area contributed by atoms with Crippen LogP contribution in [0.2, 0.25) is 0 Å². The van der Waals surface area contributed by atoms with Gasteiger partial charge in [-0.2, -0.15) is 11.8 Å². The van der Waals surface area contributed by atoms with Crippen molar-refractivity contribution in [1.82, 2.24) is 4.90 Å². The van der Waals surface area contributed by atoms with Gasteiger partial charge >= 0.3 is 0 Å². The fraction of sp³-hybridized carbons (Fsp3) is 0.462. The Morgan fingerprint density at radius 3 is 2.85 bits per heavy atom. The van der Waals surface area contributed by atoms with E-state index in [4.69, 9.17) is 0 Å². The topological polar surface area (TPSA) is 63.5 Å². The first-order valence-electron chi connectivity index (χ1n) is 6.28. The van der Waals surface area contributed by atoms with Crippen LogP contribution in [0.5, 0.6) is 0 Å². The molecule has 1 aliphatic heterocycles. The molecule has 5 nitrogen and oxygen atoms in total. The van der Waals surface area contributed by atoms with Crippen LogP contribution < -0.4 is 0 Å². The van der Waals surface area contributed by atoms with Crippen LogP contribution in [0.3, 0.4) is 0 Å². The lowest BCUT2D eigenvalue weighted by atomic mass is 10.1. The van der Waals surface area contributed by atoms with Crippen molar-refractivity contribution < 1.29 is 9.72 Å². The van der Waals surface area contributed by atoms with Crippen LogP contribution in [-0.2, 0) is 0 Å². The van der Waals surface area contributed by atoms with E-state index < -0.39 is 4.92 Å². The molecule has 7 heteroatoms. The number of thioether (sulfide) groups is 1. The third kappa shape index (κ3) is 2.98. The summed E-state index contributed by atoms with van der Waals surface area (Å²) in [6.45, 7) is 4.78. The quantitative estimate of drug-likeness (QED) is 0.600. The summed E-state index contributed by atoms with van der Waals surface area (Å²) in [5, 5.41) is 11.2. The second-order valence-electron chi connectivity index (χ2n) is 4.74. The summed E-state index contributed by atoms with van der Waals surface area (Å²) in [6, 6.07) is 4.40. The summed E-state index contributed by atoms with van der Waals surface area (Å²) in [7, 11) is 0. The van der Waals surface area contributed by atoms with Gasteiger partial charge in [0.1, 0.15) is 0 Å². The largest absolute Gasteiger partial charge is 0.334 e. The van der Waals surface area contributed by atoms with E-state index in [-0.39, 0.29) is 17.6 Å². The first-order chi connectivity index (χ1) is 9.41. The van der Waals surface area contributed by atoms with Crippen molar-refractivity contribution in [3.8, 4) is 0 Å². The van der Waals surface area contributed by atoms with Crippen molar-refractivity contribution in [3.63, 3.8) is 0 Å². The summed E-state index contributed by atoms with van der Waals surface area (Å²) in [5.41, 5.74) is 0.286. The van der Waals surface area contributed by atoms with E-state index in [0.717, 1.165) is 5.75 Å². The molecule has 1 aromatic rings. The standard InChI is InChI=1S/C13H15BrN2O3S/c1-8-9(2)20-6-5-15(8)13(17)11-7-10(16(18)19)3-4-12(11)14/h3-4,7-9H,5-6H2,1-2H3. The SMILES string of the molecule is CC1SCCN(C(=O)c2cc([N+](=O)[O-])ccc2Br)C1C. The van der Waals surface area contributed by atoms with Crippen molar-refractivity contribution in [1.29, 1.82) is 0 Å². The minimum Gasteiger partial charge on any atom is -0.334 e. The molecule has 0 aliphatic carbocycles. The van der Waals surface area contributed by atoms with Gasteiger partial charge < -0.3 is 4.90 Å². The molecular weight excluding hydrogens is 344 g/mol. The van der Waals surface area contributed by atoms with E-state index >= 15 is 0 Å². The second kappa shape index (κ2) is 6.13. The first kappa shape index (κ1) is 15.3. The van der Waals surface area contributed by atoms with Gasteiger partial charge in [0, 0.05) is 40.2 Å². The summed E-state index contributed by atoms with van der Waals surface area (Å²) in [5.74, 6) is 0.740. The highest BCUT2D eigenvalue weighted by atomic mass is 79.9. The van der Waals surface area contributed by atoms with Gasteiger partial charge in [-0.25, -0.2) is 0 Å². The van der Waals surface area contributed by atoms with Gasteiger partial charge in [-0.3, -0.25) is 14.9 Å². The Morgan fingerprint density at radius 2 is 2.20 bits per heavy atom. The number of nitrogens with zero attached hydrogens (tertiary/aromatic N) is 2. The van der Waals surface area contributed by atoms with E-state index in [9.17, 15) is 14.9 Å². The van der Waals surface area contributed by atoms with Gasteiger partial charge in [-0.15, -0.1) is 0 Å². The third-order valence-electron chi connectivity index (χ3n) is 3.54. The lowest BCUT2D eigenvalue weighted by Gasteiger charge is -2.37. The van der Waals surface area contributed by atoms with Crippen molar-refractivity contribution in [2.45, 2.75) is 25.1 Å². The Kier molecular flexibility index (Phi) is 4.70. The number of nitro groups is 1. The molecule has 108 valence electrons. The molecule has 0 N–H and O–H groups in total. The Bertz CT molecular complexity index is 552. The van der Waals surface area contributed by atoms with Crippen molar-refractivity contribution >= 4 is 39.3 Å². The predicted octanol–water partition coefficient (Wildman–Crippen LogP) is 3.32. The maximum Gasteiger partial charge on any atom is 0.270 e. The number of carbonyl (C=O) groups is 1. The highest BCUT2D eigenvalue weighted by Crippen LogP contribution is 2.29.